The van der Waals surface area contributed by atoms with Gasteiger partial charge in [-0.2, -0.15) is 0 Å². The molecule has 0 atom stereocenters. The molecular weight excluding hydrogens is 340 g/mol. The molecule has 3 aromatic rings. The minimum atomic E-state index is -1.02. The van der Waals surface area contributed by atoms with Crippen molar-refractivity contribution in [2.75, 3.05) is 5.32 Å². The monoisotopic (exact) mass is 364 g/mol. The van der Waals surface area contributed by atoms with Gasteiger partial charge in [-0.05, 0) is 68.1 Å². The number of rotatable bonds is 5. The van der Waals surface area contributed by atoms with Crippen LogP contribution in [0.1, 0.15) is 51.4 Å². The molecule has 3 rings (SSSR count). The molecular formula is C22H24N2O3. The van der Waals surface area contributed by atoms with Crippen molar-refractivity contribution in [2.24, 2.45) is 0 Å². The summed E-state index contributed by atoms with van der Waals surface area (Å²) in [6.45, 7) is 8.60. The Morgan fingerprint density at radius 1 is 1.07 bits per heavy atom. The number of amides is 1. The Morgan fingerprint density at radius 2 is 1.81 bits per heavy atom. The van der Waals surface area contributed by atoms with Crippen molar-refractivity contribution in [1.82, 2.24) is 4.57 Å². The molecule has 2 N–H and O–H groups in total. The first-order valence-electron chi connectivity index (χ1n) is 9.14. The zero-order valence-corrected chi connectivity index (χ0v) is 16.1. The van der Waals surface area contributed by atoms with E-state index in [1.807, 2.05) is 25.3 Å². The second kappa shape index (κ2) is 7.27. The van der Waals surface area contributed by atoms with Crippen molar-refractivity contribution >= 4 is 28.5 Å². The average Bonchev–Trinajstić information content (AvgIpc) is 2.94. The zero-order valence-electron chi connectivity index (χ0n) is 16.1. The van der Waals surface area contributed by atoms with Crippen molar-refractivity contribution in [3.05, 3.63) is 64.3 Å². The number of fused-ring (bicyclic) bond motifs is 1. The van der Waals surface area contributed by atoms with Crippen molar-refractivity contribution < 1.29 is 14.7 Å². The Morgan fingerprint density at radius 3 is 2.44 bits per heavy atom. The van der Waals surface area contributed by atoms with E-state index in [2.05, 4.69) is 30.4 Å². The van der Waals surface area contributed by atoms with E-state index in [1.165, 1.54) is 17.7 Å². The van der Waals surface area contributed by atoms with E-state index in [4.69, 9.17) is 0 Å². The molecule has 0 aliphatic rings. The van der Waals surface area contributed by atoms with E-state index in [0.29, 0.717) is 17.9 Å². The molecule has 0 bridgehead atoms. The second-order valence-corrected chi connectivity index (χ2v) is 6.71. The SMILES string of the molecule is CCc1ccc2c(c1)c(C)c(C(=O)Nc1cc(C(=O)O)ccc1C)n2CC. The van der Waals surface area contributed by atoms with E-state index in [1.54, 1.807) is 6.07 Å². The number of aromatic carboxylic acids is 1. The Balaban J connectivity index is 2.07. The highest BCUT2D eigenvalue weighted by molar-refractivity contribution is 6.09. The van der Waals surface area contributed by atoms with Gasteiger partial charge in [0.15, 0.2) is 0 Å². The van der Waals surface area contributed by atoms with Crippen LogP contribution in [0.15, 0.2) is 36.4 Å². The molecule has 0 spiro atoms. The summed E-state index contributed by atoms with van der Waals surface area (Å²) in [5.74, 6) is -1.24. The largest absolute Gasteiger partial charge is 0.478 e. The normalized spacial score (nSPS) is 11.0. The van der Waals surface area contributed by atoms with E-state index in [0.717, 1.165) is 28.5 Å². The van der Waals surface area contributed by atoms with Crippen LogP contribution in [0.25, 0.3) is 10.9 Å². The van der Waals surface area contributed by atoms with Gasteiger partial charge in [0, 0.05) is 23.1 Å². The molecule has 0 saturated carbocycles. The van der Waals surface area contributed by atoms with Gasteiger partial charge in [0.2, 0.25) is 0 Å². The van der Waals surface area contributed by atoms with E-state index >= 15 is 0 Å². The quantitative estimate of drug-likeness (QED) is 0.684. The molecule has 5 nitrogen and oxygen atoms in total. The van der Waals surface area contributed by atoms with Crippen LogP contribution >= 0.6 is 0 Å². The third kappa shape index (κ3) is 3.33. The molecule has 0 radical (unpaired) electrons. The van der Waals surface area contributed by atoms with Gasteiger partial charge in [0.1, 0.15) is 5.69 Å². The van der Waals surface area contributed by atoms with E-state index in [-0.39, 0.29) is 11.5 Å². The minimum absolute atomic E-state index is 0.149. The minimum Gasteiger partial charge on any atom is -0.478 e. The Bertz CT molecular complexity index is 1050. The van der Waals surface area contributed by atoms with Crippen LogP contribution in [-0.2, 0) is 13.0 Å². The van der Waals surface area contributed by atoms with Gasteiger partial charge in [-0.1, -0.05) is 19.1 Å². The fourth-order valence-corrected chi connectivity index (χ4v) is 3.48. The van der Waals surface area contributed by atoms with Gasteiger partial charge in [-0.25, -0.2) is 4.79 Å². The average molecular weight is 364 g/mol. The number of nitrogens with zero attached hydrogens (tertiary/aromatic N) is 1. The van der Waals surface area contributed by atoms with Crippen LogP contribution in [0.2, 0.25) is 0 Å². The Hall–Kier alpha value is -3.08. The standard InChI is InChI=1S/C22H24N2O3/c1-5-15-8-10-19-17(11-15)14(4)20(24(19)6-2)21(25)23-18-12-16(22(26)27)9-7-13(18)3/h7-12H,5-6H2,1-4H3,(H,23,25)(H,26,27). The number of hydrogen-bond acceptors (Lipinski definition) is 2. The first-order chi connectivity index (χ1) is 12.9. The zero-order chi connectivity index (χ0) is 19.7. The molecule has 0 unspecified atom stereocenters. The molecule has 27 heavy (non-hydrogen) atoms. The molecule has 0 aliphatic carbocycles. The second-order valence-electron chi connectivity index (χ2n) is 6.71. The lowest BCUT2D eigenvalue weighted by Crippen LogP contribution is -2.18. The number of hydrogen-bond donors (Lipinski definition) is 2. The lowest BCUT2D eigenvalue weighted by Gasteiger charge is -2.12. The van der Waals surface area contributed by atoms with Gasteiger partial charge >= 0.3 is 5.97 Å². The Kier molecular flexibility index (Phi) is 5.04. The number of nitrogens with one attached hydrogen (secondary N) is 1. The molecule has 0 fully saturated rings. The number of anilines is 1. The Labute approximate surface area is 158 Å². The maximum Gasteiger partial charge on any atom is 0.335 e. The van der Waals surface area contributed by atoms with E-state index in [9.17, 15) is 14.7 Å². The number of carbonyl (C=O) groups excluding carboxylic acids is 1. The van der Waals surface area contributed by atoms with Gasteiger partial charge in [0.05, 0.1) is 5.56 Å². The van der Waals surface area contributed by atoms with Crippen LogP contribution < -0.4 is 5.32 Å². The highest BCUT2D eigenvalue weighted by atomic mass is 16.4. The lowest BCUT2D eigenvalue weighted by molar-refractivity contribution is 0.0696. The van der Waals surface area contributed by atoms with Crippen LogP contribution in [-0.4, -0.2) is 21.6 Å². The predicted molar refractivity (Wildman–Crippen MR) is 108 cm³/mol. The summed E-state index contributed by atoms with van der Waals surface area (Å²) in [5, 5.41) is 13.2. The third-order valence-corrected chi connectivity index (χ3v) is 5.05. The molecule has 1 aromatic heterocycles. The highest BCUT2D eigenvalue weighted by Gasteiger charge is 2.20. The fourth-order valence-electron chi connectivity index (χ4n) is 3.48. The fraction of sp³-hybridized carbons (Fsp3) is 0.273. The number of carboxylic acid groups (broad SMARTS) is 1. The van der Waals surface area contributed by atoms with Gasteiger partial charge in [0.25, 0.3) is 5.91 Å². The van der Waals surface area contributed by atoms with E-state index < -0.39 is 5.97 Å². The van der Waals surface area contributed by atoms with Gasteiger partial charge in [-0.15, -0.1) is 0 Å². The third-order valence-electron chi connectivity index (χ3n) is 5.05. The number of benzene rings is 2. The molecule has 5 heteroatoms. The first-order valence-corrected chi connectivity index (χ1v) is 9.14. The highest BCUT2D eigenvalue weighted by Crippen LogP contribution is 2.28. The summed E-state index contributed by atoms with van der Waals surface area (Å²) in [6.07, 6.45) is 0.940. The van der Waals surface area contributed by atoms with Crippen LogP contribution in [0.3, 0.4) is 0 Å². The summed E-state index contributed by atoms with van der Waals surface area (Å²) < 4.78 is 2.01. The number of aromatic nitrogens is 1. The summed E-state index contributed by atoms with van der Waals surface area (Å²) in [4.78, 5) is 24.3. The number of carbonyl (C=O) groups is 2. The molecule has 1 heterocycles. The smallest absolute Gasteiger partial charge is 0.335 e. The number of aryl methyl sites for hydroxylation is 4. The van der Waals surface area contributed by atoms with Crippen LogP contribution in [0.5, 0.6) is 0 Å². The maximum atomic E-state index is 13.1. The summed E-state index contributed by atoms with van der Waals surface area (Å²) in [6, 6.07) is 11.0. The summed E-state index contributed by atoms with van der Waals surface area (Å²) in [7, 11) is 0. The molecule has 140 valence electrons. The van der Waals surface area contributed by atoms with Crippen molar-refractivity contribution in [3.8, 4) is 0 Å². The summed E-state index contributed by atoms with van der Waals surface area (Å²) >= 11 is 0. The van der Waals surface area contributed by atoms with Gasteiger partial charge in [-0.3, -0.25) is 4.79 Å². The molecule has 1 amide bonds. The predicted octanol–water partition coefficient (Wildman–Crippen LogP) is 4.79. The lowest BCUT2D eigenvalue weighted by atomic mass is 10.1. The van der Waals surface area contributed by atoms with Crippen LogP contribution in [0.4, 0.5) is 5.69 Å². The van der Waals surface area contributed by atoms with Crippen molar-refractivity contribution in [2.45, 2.75) is 40.7 Å². The maximum absolute atomic E-state index is 13.1. The van der Waals surface area contributed by atoms with Crippen molar-refractivity contribution in [1.29, 1.82) is 0 Å². The molecule has 0 saturated heterocycles. The summed E-state index contributed by atoms with van der Waals surface area (Å²) in [5.41, 5.74) is 5.30. The molecule has 2 aromatic carbocycles. The molecule has 0 aliphatic heterocycles. The van der Waals surface area contributed by atoms with Crippen LogP contribution in [0, 0.1) is 13.8 Å². The van der Waals surface area contributed by atoms with Crippen molar-refractivity contribution in [3.63, 3.8) is 0 Å². The van der Waals surface area contributed by atoms with Gasteiger partial charge < -0.3 is 15.0 Å². The topological polar surface area (TPSA) is 71.3 Å². The first kappa shape index (κ1) is 18.7. The number of carboxylic acids is 1.